The highest BCUT2D eigenvalue weighted by Gasteiger charge is 2.16. The number of carbonyl (C=O) groups excluding carboxylic acids is 1. The molecule has 1 aliphatic rings. The first-order chi connectivity index (χ1) is 15.2. The Balaban J connectivity index is 0.00000363. The summed E-state index contributed by atoms with van der Waals surface area (Å²) in [4.78, 5) is 17.0. The van der Waals surface area contributed by atoms with Gasteiger partial charge in [-0.3, -0.25) is 4.79 Å². The van der Waals surface area contributed by atoms with Gasteiger partial charge in [-0.15, -0.1) is 24.0 Å². The lowest BCUT2D eigenvalue weighted by molar-refractivity contribution is 0.0857. The van der Waals surface area contributed by atoms with E-state index in [-0.39, 0.29) is 41.8 Å². The lowest BCUT2D eigenvalue weighted by Crippen LogP contribution is -2.38. The second-order valence-corrected chi connectivity index (χ2v) is 7.51. The molecule has 0 aliphatic carbocycles. The Labute approximate surface area is 206 Å². The minimum absolute atomic E-state index is 0. The molecule has 0 spiro atoms. The van der Waals surface area contributed by atoms with E-state index in [1.807, 2.05) is 31.2 Å². The summed E-state index contributed by atoms with van der Waals surface area (Å²) in [5.74, 6) is 0.365. The normalized spacial score (nSPS) is 15.7. The molecule has 1 heterocycles. The Morgan fingerprint density at radius 1 is 1.16 bits per heavy atom. The SMILES string of the molecule is CCNC(=NCc1cccc(C(=O)NCC2CCCO2)c1)NCCc1ccccc1F.I. The van der Waals surface area contributed by atoms with E-state index in [9.17, 15) is 9.18 Å². The van der Waals surface area contributed by atoms with E-state index in [1.165, 1.54) is 6.07 Å². The third-order valence-corrected chi connectivity index (χ3v) is 5.11. The molecule has 32 heavy (non-hydrogen) atoms. The van der Waals surface area contributed by atoms with Crippen LogP contribution in [0.4, 0.5) is 4.39 Å². The summed E-state index contributed by atoms with van der Waals surface area (Å²) in [6.45, 7) is 5.03. The van der Waals surface area contributed by atoms with Crippen molar-refractivity contribution >= 4 is 35.8 Å². The molecule has 3 N–H and O–H groups in total. The van der Waals surface area contributed by atoms with Crippen LogP contribution in [0.15, 0.2) is 53.5 Å². The van der Waals surface area contributed by atoms with Crippen LogP contribution in [0.3, 0.4) is 0 Å². The third kappa shape index (κ3) is 8.38. The lowest BCUT2D eigenvalue weighted by Gasteiger charge is -2.12. The first kappa shape index (κ1) is 26.1. The van der Waals surface area contributed by atoms with Crippen LogP contribution in [0.5, 0.6) is 0 Å². The van der Waals surface area contributed by atoms with Gasteiger partial charge in [0.2, 0.25) is 0 Å². The first-order valence-corrected chi connectivity index (χ1v) is 10.9. The molecule has 0 aromatic heterocycles. The molecule has 1 atom stereocenters. The maximum atomic E-state index is 13.8. The van der Waals surface area contributed by atoms with E-state index < -0.39 is 0 Å². The molecule has 1 aliphatic heterocycles. The van der Waals surface area contributed by atoms with Crippen molar-refractivity contribution in [1.29, 1.82) is 0 Å². The summed E-state index contributed by atoms with van der Waals surface area (Å²) in [5.41, 5.74) is 2.23. The van der Waals surface area contributed by atoms with Crippen LogP contribution in [0.2, 0.25) is 0 Å². The van der Waals surface area contributed by atoms with Crippen molar-refractivity contribution in [3.63, 3.8) is 0 Å². The number of nitrogens with one attached hydrogen (secondary N) is 3. The first-order valence-electron chi connectivity index (χ1n) is 10.9. The summed E-state index contributed by atoms with van der Waals surface area (Å²) >= 11 is 0. The van der Waals surface area contributed by atoms with Gasteiger partial charge in [-0.1, -0.05) is 30.3 Å². The van der Waals surface area contributed by atoms with Gasteiger partial charge in [-0.05, 0) is 55.5 Å². The summed E-state index contributed by atoms with van der Waals surface area (Å²) in [6.07, 6.45) is 2.73. The summed E-state index contributed by atoms with van der Waals surface area (Å²) in [7, 11) is 0. The van der Waals surface area contributed by atoms with Crippen molar-refractivity contribution in [2.75, 3.05) is 26.2 Å². The maximum Gasteiger partial charge on any atom is 0.251 e. The minimum Gasteiger partial charge on any atom is -0.376 e. The number of carbonyl (C=O) groups is 1. The zero-order valence-corrected chi connectivity index (χ0v) is 20.7. The highest BCUT2D eigenvalue weighted by Crippen LogP contribution is 2.12. The summed E-state index contributed by atoms with van der Waals surface area (Å²) < 4.78 is 19.3. The molecule has 2 aromatic rings. The van der Waals surface area contributed by atoms with Crippen molar-refractivity contribution in [3.05, 3.63) is 71.0 Å². The molecule has 2 aromatic carbocycles. The van der Waals surface area contributed by atoms with Gasteiger partial charge in [0.1, 0.15) is 5.82 Å². The van der Waals surface area contributed by atoms with E-state index in [0.717, 1.165) is 31.6 Å². The van der Waals surface area contributed by atoms with Crippen molar-refractivity contribution in [1.82, 2.24) is 16.0 Å². The fourth-order valence-corrected chi connectivity index (χ4v) is 3.45. The predicted molar refractivity (Wildman–Crippen MR) is 136 cm³/mol. The Morgan fingerprint density at radius 3 is 2.75 bits per heavy atom. The molecular weight excluding hydrogens is 522 g/mol. The lowest BCUT2D eigenvalue weighted by atomic mass is 10.1. The van der Waals surface area contributed by atoms with Crippen LogP contribution in [-0.4, -0.2) is 44.2 Å². The largest absolute Gasteiger partial charge is 0.376 e. The number of amides is 1. The highest BCUT2D eigenvalue weighted by molar-refractivity contribution is 14.0. The van der Waals surface area contributed by atoms with E-state index in [2.05, 4.69) is 20.9 Å². The summed E-state index contributed by atoms with van der Waals surface area (Å²) in [6, 6.07) is 14.3. The number of nitrogens with zero attached hydrogens (tertiary/aromatic N) is 1. The number of guanidine groups is 1. The van der Waals surface area contributed by atoms with Crippen molar-refractivity contribution in [2.24, 2.45) is 4.99 Å². The van der Waals surface area contributed by atoms with Crippen LogP contribution in [0.1, 0.15) is 41.3 Å². The van der Waals surface area contributed by atoms with E-state index in [4.69, 9.17) is 4.74 Å². The van der Waals surface area contributed by atoms with Crippen LogP contribution < -0.4 is 16.0 Å². The number of rotatable bonds is 9. The van der Waals surface area contributed by atoms with Gasteiger partial charge < -0.3 is 20.7 Å². The fraction of sp³-hybridized carbons (Fsp3) is 0.417. The molecule has 1 fully saturated rings. The average Bonchev–Trinajstić information content (AvgIpc) is 3.31. The maximum absolute atomic E-state index is 13.8. The Kier molecular flexibility index (Phi) is 11.4. The number of benzene rings is 2. The van der Waals surface area contributed by atoms with Crippen LogP contribution in [0.25, 0.3) is 0 Å². The molecule has 0 radical (unpaired) electrons. The van der Waals surface area contributed by atoms with Crippen molar-refractivity contribution < 1.29 is 13.9 Å². The standard InChI is InChI=1S/C24H31FN4O2.HI/c1-2-26-24(27-13-12-19-8-3-4-11-22(19)25)29-16-18-7-5-9-20(15-18)23(30)28-17-21-10-6-14-31-21;/h3-5,7-9,11,15,21H,2,6,10,12-14,16-17H2,1H3,(H,28,30)(H2,26,27,29);1H. The van der Waals surface area contributed by atoms with E-state index in [0.29, 0.717) is 43.1 Å². The molecule has 0 saturated carbocycles. The van der Waals surface area contributed by atoms with Gasteiger partial charge in [-0.25, -0.2) is 9.38 Å². The predicted octanol–water partition coefficient (Wildman–Crippen LogP) is 3.65. The molecular formula is C24H32FIN4O2. The van der Waals surface area contributed by atoms with Crippen LogP contribution in [-0.2, 0) is 17.7 Å². The number of halogens is 2. The number of hydrogen-bond acceptors (Lipinski definition) is 3. The third-order valence-electron chi connectivity index (χ3n) is 5.11. The quantitative estimate of drug-likeness (QED) is 0.252. The molecule has 174 valence electrons. The smallest absolute Gasteiger partial charge is 0.251 e. The second-order valence-electron chi connectivity index (χ2n) is 7.51. The van der Waals surface area contributed by atoms with Gasteiger partial charge in [0.15, 0.2) is 5.96 Å². The Hall–Kier alpha value is -2.20. The van der Waals surface area contributed by atoms with Gasteiger partial charge >= 0.3 is 0 Å². The summed E-state index contributed by atoms with van der Waals surface area (Å²) in [5, 5.41) is 9.38. The molecule has 1 saturated heterocycles. The second kappa shape index (κ2) is 14.1. The van der Waals surface area contributed by atoms with E-state index >= 15 is 0 Å². The van der Waals surface area contributed by atoms with E-state index in [1.54, 1.807) is 18.2 Å². The molecule has 3 rings (SSSR count). The molecule has 0 bridgehead atoms. The zero-order chi connectivity index (χ0) is 21.9. The zero-order valence-electron chi connectivity index (χ0n) is 18.4. The molecule has 1 amide bonds. The van der Waals surface area contributed by atoms with Gasteiger partial charge in [0.25, 0.3) is 5.91 Å². The highest BCUT2D eigenvalue weighted by atomic mass is 127. The van der Waals surface area contributed by atoms with Gasteiger partial charge in [-0.2, -0.15) is 0 Å². The number of hydrogen-bond donors (Lipinski definition) is 3. The van der Waals surface area contributed by atoms with Crippen molar-refractivity contribution in [2.45, 2.75) is 38.8 Å². The molecule has 8 heteroatoms. The molecule has 6 nitrogen and oxygen atoms in total. The van der Waals surface area contributed by atoms with Crippen molar-refractivity contribution in [3.8, 4) is 0 Å². The van der Waals surface area contributed by atoms with Gasteiger partial charge in [0, 0.05) is 31.8 Å². The minimum atomic E-state index is -0.194. The number of aliphatic imine (C=N–C) groups is 1. The van der Waals surface area contributed by atoms with Crippen LogP contribution in [0, 0.1) is 5.82 Å². The fourth-order valence-electron chi connectivity index (χ4n) is 3.45. The monoisotopic (exact) mass is 554 g/mol. The van der Waals surface area contributed by atoms with Crippen LogP contribution >= 0.6 is 24.0 Å². The number of ether oxygens (including phenoxy) is 1. The Bertz CT molecular complexity index is 888. The topological polar surface area (TPSA) is 74.8 Å². The molecule has 1 unspecified atom stereocenters. The Morgan fingerprint density at radius 2 is 2.00 bits per heavy atom. The average molecular weight is 554 g/mol. The van der Waals surface area contributed by atoms with Gasteiger partial charge in [0.05, 0.1) is 12.6 Å².